The molecule has 0 saturated carbocycles. The first-order chi connectivity index (χ1) is 12.5. The molecule has 2 aromatic heterocycles. The van der Waals surface area contributed by atoms with Gasteiger partial charge in [-0.05, 0) is 37.1 Å². The van der Waals surface area contributed by atoms with Gasteiger partial charge in [0.25, 0.3) is 5.91 Å². The molecule has 0 saturated heterocycles. The number of aromatic nitrogens is 2. The van der Waals surface area contributed by atoms with Gasteiger partial charge in [-0.1, -0.05) is 30.7 Å². The molecule has 0 radical (unpaired) electrons. The Bertz CT molecular complexity index is 932. The first-order valence-corrected chi connectivity index (χ1v) is 9.69. The molecule has 0 aliphatic carbocycles. The van der Waals surface area contributed by atoms with Gasteiger partial charge < -0.3 is 15.6 Å². The van der Waals surface area contributed by atoms with Gasteiger partial charge in [0.05, 0.1) is 17.0 Å². The Kier molecular flexibility index (Phi) is 5.64. The number of thiazole rings is 1. The van der Waals surface area contributed by atoms with Crippen LogP contribution in [0.25, 0.3) is 11.4 Å². The lowest BCUT2D eigenvalue weighted by molar-refractivity contribution is 0.0999. The number of nitrogens with one attached hydrogen (secondary N) is 1. The van der Waals surface area contributed by atoms with Crippen LogP contribution in [0.4, 0.5) is 5.13 Å². The van der Waals surface area contributed by atoms with Crippen LogP contribution in [0.2, 0.25) is 5.02 Å². The van der Waals surface area contributed by atoms with Gasteiger partial charge in [-0.25, -0.2) is 4.98 Å². The highest BCUT2D eigenvalue weighted by Gasteiger charge is 2.19. The molecule has 3 rings (SSSR count). The van der Waals surface area contributed by atoms with Crippen LogP contribution in [-0.2, 0) is 6.54 Å². The fourth-order valence-electron chi connectivity index (χ4n) is 2.83. The van der Waals surface area contributed by atoms with E-state index in [-0.39, 0.29) is 0 Å². The first kappa shape index (κ1) is 18.5. The second-order valence-electron chi connectivity index (χ2n) is 6.07. The SMILES string of the molecule is CCCNc1nc(-c2cc(C(N)=O)c(C)n2Cc2cccc(Cl)c2)cs1. The van der Waals surface area contributed by atoms with Crippen molar-refractivity contribution < 1.29 is 4.79 Å². The van der Waals surface area contributed by atoms with E-state index in [9.17, 15) is 4.79 Å². The molecule has 3 aromatic rings. The van der Waals surface area contributed by atoms with Crippen molar-refractivity contribution >= 4 is 34.0 Å². The van der Waals surface area contributed by atoms with Crippen molar-refractivity contribution in [1.82, 2.24) is 9.55 Å². The Morgan fingerprint density at radius 2 is 2.19 bits per heavy atom. The minimum atomic E-state index is -0.437. The molecule has 1 aromatic carbocycles. The number of nitrogens with zero attached hydrogens (tertiary/aromatic N) is 2. The summed E-state index contributed by atoms with van der Waals surface area (Å²) < 4.78 is 2.06. The third-order valence-electron chi connectivity index (χ3n) is 4.15. The van der Waals surface area contributed by atoms with Crippen molar-refractivity contribution in [3.63, 3.8) is 0 Å². The van der Waals surface area contributed by atoms with Gasteiger partial charge >= 0.3 is 0 Å². The lowest BCUT2D eigenvalue weighted by Crippen LogP contribution is -2.12. The van der Waals surface area contributed by atoms with E-state index in [1.54, 1.807) is 11.3 Å². The molecule has 0 aliphatic heterocycles. The van der Waals surface area contributed by atoms with Crippen LogP contribution in [0.5, 0.6) is 0 Å². The molecule has 5 nitrogen and oxygen atoms in total. The standard InChI is InChI=1S/C19H21ClN4OS/c1-3-7-22-19-23-16(11-26-19)17-9-15(18(21)25)12(2)24(17)10-13-5-4-6-14(20)8-13/h4-6,8-9,11H,3,7,10H2,1-2H3,(H2,21,25)(H,22,23). The Labute approximate surface area is 161 Å². The van der Waals surface area contributed by atoms with E-state index in [0.717, 1.165) is 40.7 Å². The molecular formula is C19H21ClN4OS. The average molecular weight is 389 g/mol. The maximum Gasteiger partial charge on any atom is 0.250 e. The molecule has 26 heavy (non-hydrogen) atoms. The molecular weight excluding hydrogens is 368 g/mol. The van der Waals surface area contributed by atoms with Gasteiger partial charge in [-0.15, -0.1) is 11.3 Å². The molecule has 0 atom stereocenters. The number of hydrogen-bond acceptors (Lipinski definition) is 4. The van der Waals surface area contributed by atoms with E-state index >= 15 is 0 Å². The molecule has 2 heterocycles. The summed E-state index contributed by atoms with van der Waals surface area (Å²) in [7, 11) is 0. The van der Waals surface area contributed by atoms with Crippen molar-refractivity contribution in [2.45, 2.75) is 26.8 Å². The monoisotopic (exact) mass is 388 g/mol. The third kappa shape index (κ3) is 3.92. The predicted octanol–water partition coefficient (Wildman–Crippen LogP) is 4.54. The minimum absolute atomic E-state index is 0.437. The number of carbonyl (C=O) groups excluding carboxylic acids is 1. The van der Waals surface area contributed by atoms with E-state index in [4.69, 9.17) is 17.3 Å². The third-order valence-corrected chi connectivity index (χ3v) is 5.19. The number of nitrogens with two attached hydrogens (primary N) is 1. The highest BCUT2D eigenvalue weighted by atomic mass is 35.5. The highest BCUT2D eigenvalue weighted by molar-refractivity contribution is 7.14. The number of benzene rings is 1. The Balaban J connectivity index is 2.02. The van der Waals surface area contributed by atoms with Crippen LogP contribution in [0.15, 0.2) is 35.7 Å². The molecule has 0 bridgehead atoms. The lowest BCUT2D eigenvalue weighted by atomic mass is 10.2. The van der Waals surface area contributed by atoms with E-state index in [1.807, 2.05) is 42.6 Å². The predicted molar refractivity (Wildman–Crippen MR) is 108 cm³/mol. The van der Waals surface area contributed by atoms with E-state index in [2.05, 4.69) is 21.8 Å². The van der Waals surface area contributed by atoms with Crippen LogP contribution in [0, 0.1) is 6.92 Å². The van der Waals surface area contributed by atoms with Crippen molar-refractivity contribution in [1.29, 1.82) is 0 Å². The zero-order valence-corrected chi connectivity index (χ0v) is 16.3. The Hall–Kier alpha value is -2.31. The zero-order chi connectivity index (χ0) is 18.7. The largest absolute Gasteiger partial charge is 0.366 e. The van der Waals surface area contributed by atoms with Crippen LogP contribution in [0.1, 0.15) is 35.0 Å². The van der Waals surface area contributed by atoms with Gasteiger partial charge in [0.2, 0.25) is 0 Å². The summed E-state index contributed by atoms with van der Waals surface area (Å²) in [4.78, 5) is 16.5. The minimum Gasteiger partial charge on any atom is -0.366 e. The number of carbonyl (C=O) groups is 1. The summed E-state index contributed by atoms with van der Waals surface area (Å²) in [6.45, 7) is 5.48. The van der Waals surface area contributed by atoms with E-state index in [1.165, 1.54) is 0 Å². The smallest absolute Gasteiger partial charge is 0.250 e. The summed E-state index contributed by atoms with van der Waals surface area (Å²) >= 11 is 7.67. The van der Waals surface area contributed by atoms with Crippen molar-refractivity contribution in [3.05, 3.63) is 57.6 Å². The second kappa shape index (κ2) is 7.93. The summed E-state index contributed by atoms with van der Waals surface area (Å²) in [6, 6.07) is 9.51. The van der Waals surface area contributed by atoms with Crippen molar-refractivity contribution in [3.8, 4) is 11.4 Å². The zero-order valence-electron chi connectivity index (χ0n) is 14.8. The van der Waals surface area contributed by atoms with Crippen LogP contribution in [0.3, 0.4) is 0 Å². The van der Waals surface area contributed by atoms with Crippen molar-refractivity contribution in [2.24, 2.45) is 5.73 Å². The van der Waals surface area contributed by atoms with Crippen LogP contribution < -0.4 is 11.1 Å². The van der Waals surface area contributed by atoms with Crippen LogP contribution >= 0.6 is 22.9 Å². The highest BCUT2D eigenvalue weighted by Crippen LogP contribution is 2.30. The quantitative estimate of drug-likeness (QED) is 0.623. The average Bonchev–Trinajstić information content (AvgIpc) is 3.19. The Morgan fingerprint density at radius 1 is 1.38 bits per heavy atom. The molecule has 0 fully saturated rings. The molecule has 0 spiro atoms. The number of anilines is 1. The van der Waals surface area contributed by atoms with Gasteiger partial charge in [0, 0.05) is 29.2 Å². The number of rotatable bonds is 7. The molecule has 7 heteroatoms. The first-order valence-electron chi connectivity index (χ1n) is 8.43. The summed E-state index contributed by atoms with van der Waals surface area (Å²) in [5.74, 6) is -0.437. The molecule has 3 N–H and O–H groups in total. The fourth-order valence-corrected chi connectivity index (χ4v) is 3.78. The number of primary amides is 1. The van der Waals surface area contributed by atoms with E-state index in [0.29, 0.717) is 17.1 Å². The molecule has 0 unspecified atom stereocenters. The lowest BCUT2D eigenvalue weighted by Gasteiger charge is -2.11. The van der Waals surface area contributed by atoms with Gasteiger partial charge in [0.1, 0.15) is 0 Å². The topological polar surface area (TPSA) is 72.9 Å². The van der Waals surface area contributed by atoms with Crippen LogP contribution in [-0.4, -0.2) is 22.0 Å². The summed E-state index contributed by atoms with van der Waals surface area (Å²) in [5, 5.41) is 6.84. The van der Waals surface area contributed by atoms with Crippen molar-refractivity contribution in [2.75, 3.05) is 11.9 Å². The molecule has 0 aliphatic rings. The summed E-state index contributed by atoms with van der Waals surface area (Å²) in [6.07, 6.45) is 1.03. The summed E-state index contributed by atoms with van der Waals surface area (Å²) in [5.41, 5.74) is 9.64. The number of amides is 1. The Morgan fingerprint density at radius 3 is 2.88 bits per heavy atom. The van der Waals surface area contributed by atoms with Gasteiger partial charge in [0.15, 0.2) is 5.13 Å². The molecule has 1 amide bonds. The fraction of sp³-hybridized carbons (Fsp3) is 0.263. The second-order valence-corrected chi connectivity index (χ2v) is 7.37. The normalized spacial score (nSPS) is 10.9. The van der Waals surface area contributed by atoms with Gasteiger partial charge in [-0.3, -0.25) is 4.79 Å². The number of halogens is 1. The van der Waals surface area contributed by atoms with E-state index < -0.39 is 5.91 Å². The maximum absolute atomic E-state index is 11.8. The molecule has 136 valence electrons. The maximum atomic E-state index is 11.8. The number of hydrogen-bond donors (Lipinski definition) is 2. The van der Waals surface area contributed by atoms with Gasteiger partial charge in [-0.2, -0.15) is 0 Å².